The van der Waals surface area contributed by atoms with E-state index in [9.17, 15) is 31.9 Å². The quantitative estimate of drug-likeness (QED) is 0.225. The highest BCUT2D eigenvalue weighted by Gasteiger charge is 2.77. The van der Waals surface area contributed by atoms with Crippen molar-refractivity contribution in [1.82, 2.24) is 0 Å². The molecule has 3 unspecified atom stereocenters. The maximum atomic E-state index is 13.8. The van der Waals surface area contributed by atoms with Gasteiger partial charge >= 0.3 is 29.8 Å². The van der Waals surface area contributed by atoms with Crippen LogP contribution in [0.4, 0.5) is 17.6 Å². The zero-order valence-electron chi connectivity index (χ0n) is 21.4. The monoisotopic (exact) mass is 558 g/mol. The van der Waals surface area contributed by atoms with Gasteiger partial charge in [-0.2, -0.15) is 17.6 Å². The van der Waals surface area contributed by atoms with Crippen molar-refractivity contribution < 1.29 is 46.2 Å². The van der Waals surface area contributed by atoms with Gasteiger partial charge < -0.3 is 14.2 Å². The lowest BCUT2D eigenvalue weighted by atomic mass is 9.70. The van der Waals surface area contributed by atoms with Crippen LogP contribution in [0, 0.1) is 22.2 Å². The Morgan fingerprint density at radius 1 is 0.917 bits per heavy atom. The van der Waals surface area contributed by atoms with Gasteiger partial charge in [0.25, 0.3) is 0 Å². The SMILES string of the molecule is CCC(=O)OCC1(COC(=O)C(C)(F)F)CSC2(SC1)C(OC(=O)C(C)(F)F)C1CCC2(C)C1(C)C. The minimum absolute atomic E-state index is 0.115. The van der Waals surface area contributed by atoms with Crippen molar-refractivity contribution in [3.63, 3.8) is 0 Å². The molecule has 12 heteroatoms. The Bertz CT molecular complexity index is 892. The molecule has 3 aliphatic rings. The number of rotatable bonds is 8. The van der Waals surface area contributed by atoms with E-state index in [4.69, 9.17) is 14.2 Å². The van der Waals surface area contributed by atoms with Crippen LogP contribution in [0.1, 0.15) is 60.8 Å². The summed E-state index contributed by atoms with van der Waals surface area (Å²) in [6.07, 6.45) is 0.848. The van der Waals surface area contributed by atoms with Crippen molar-refractivity contribution >= 4 is 41.4 Å². The maximum absolute atomic E-state index is 13.8. The van der Waals surface area contributed by atoms with E-state index >= 15 is 0 Å². The van der Waals surface area contributed by atoms with Crippen LogP contribution in [0.5, 0.6) is 0 Å². The summed E-state index contributed by atoms with van der Waals surface area (Å²) in [5.74, 6) is -10.7. The minimum atomic E-state index is -3.68. The molecule has 2 saturated carbocycles. The van der Waals surface area contributed by atoms with Gasteiger partial charge in [-0.3, -0.25) is 4.79 Å². The molecule has 6 nitrogen and oxygen atoms in total. The molecule has 2 bridgehead atoms. The second-order valence-corrected chi connectivity index (χ2v) is 13.8. The number of alkyl halides is 4. The predicted molar refractivity (Wildman–Crippen MR) is 128 cm³/mol. The van der Waals surface area contributed by atoms with E-state index in [2.05, 4.69) is 20.8 Å². The largest absolute Gasteiger partial charge is 0.465 e. The Labute approximate surface area is 217 Å². The molecule has 36 heavy (non-hydrogen) atoms. The molecule has 1 spiro atoms. The number of thioether (sulfide) groups is 2. The van der Waals surface area contributed by atoms with Gasteiger partial charge in [-0.05, 0) is 18.3 Å². The summed E-state index contributed by atoms with van der Waals surface area (Å²) in [5.41, 5.74) is -1.70. The summed E-state index contributed by atoms with van der Waals surface area (Å²) in [6, 6.07) is 0. The van der Waals surface area contributed by atoms with E-state index < -0.39 is 57.4 Å². The van der Waals surface area contributed by atoms with Crippen LogP contribution >= 0.6 is 23.5 Å². The van der Waals surface area contributed by atoms with Gasteiger partial charge in [-0.1, -0.05) is 27.7 Å². The lowest BCUT2D eigenvalue weighted by molar-refractivity contribution is -0.178. The second-order valence-electron chi connectivity index (χ2n) is 11.1. The molecule has 3 rings (SSSR count). The number of carbonyl (C=O) groups is 3. The Balaban J connectivity index is 1.90. The van der Waals surface area contributed by atoms with Gasteiger partial charge in [0, 0.05) is 43.1 Å². The molecule has 0 N–H and O–H groups in total. The first-order valence-electron chi connectivity index (χ1n) is 11.9. The van der Waals surface area contributed by atoms with Crippen molar-refractivity contribution in [2.45, 2.75) is 82.8 Å². The first-order valence-corrected chi connectivity index (χ1v) is 13.9. The topological polar surface area (TPSA) is 78.9 Å². The van der Waals surface area contributed by atoms with E-state index in [1.54, 1.807) is 6.92 Å². The molecule has 3 atom stereocenters. The molecule has 206 valence electrons. The molecule has 0 aromatic heterocycles. The summed E-state index contributed by atoms with van der Waals surface area (Å²) >= 11 is 2.79. The van der Waals surface area contributed by atoms with Crippen LogP contribution in [-0.2, 0) is 28.6 Å². The number of esters is 3. The molecule has 2 aliphatic carbocycles. The summed E-state index contributed by atoms with van der Waals surface area (Å²) in [6.45, 7) is 8.21. The number of hydrogen-bond donors (Lipinski definition) is 0. The Morgan fingerprint density at radius 2 is 1.44 bits per heavy atom. The lowest BCUT2D eigenvalue weighted by Gasteiger charge is -2.54. The Morgan fingerprint density at radius 3 is 1.94 bits per heavy atom. The van der Waals surface area contributed by atoms with Crippen molar-refractivity contribution in [1.29, 1.82) is 0 Å². The van der Waals surface area contributed by atoms with Crippen LogP contribution in [-0.4, -0.2) is 64.7 Å². The van der Waals surface area contributed by atoms with Gasteiger partial charge in [0.05, 0.1) is 5.41 Å². The summed E-state index contributed by atoms with van der Waals surface area (Å²) < 4.78 is 69.5. The summed E-state index contributed by atoms with van der Waals surface area (Å²) in [5, 5.41) is 0. The fourth-order valence-electron chi connectivity index (χ4n) is 5.62. The third kappa shape index (κ3) is 4.85. The standard InChI is InChI=1S/C24H34F4O6S2/c1-7-15(29)32-10-23(11-33-17(30)21(5,25)26)12-35-24(36-13-23)16(34-18(31)22(6,27)28)14-8-9-20(24,4)19(14,2)3/h14,16H,7-13H2,1-6H3. The van der Waals surface area contributed by atoms with Gasteiger partial charge in [-0.15, -0.1) is 23.5 Å². The van der Waals surface area contributed by atoms with Crippen molar-refractivity contribution in [3.05, 3.63) is 0 Å². The van der Waals surface area contributed by atoms with Gasteiger partial charge in [0.15, 0.2) is 0 Å². The summed E-state index contributed by atoms with van der Waals surface area (Å²) in [4.78, 5) is 35.9. The maximum Gasteiger partial charge on any atom is 0.377 e. The number of halogens is 4. The summed E-state index contributed by atoms with van der Waals surface area (Å²) in [7, 11) is 0. The molecule has 0 aromatic rings. The molecule has 0 radical (unpaired) electrons. The van der Waals surface area contributed by atoms with E-state index in [1.807, 2.05) is 0 Å². The molecule has 3 fully saturated rings. The molecular weight excluding hydrogens is 524 g/mol. The van der Waals surface area contributed by atoms with Crippen LogP contribution < -0.4 is 0 Å². The number of carbonyl (C=O) groups excluding carboxylic acids is 3. The fourth-order valence-corrected chi connectivity index (χ4v) is 10.1. The molecule has 1 heterocycles. The average molecular weight is 559 g/mol. The third-order valence-corrected chi connectivity index (χ3v) is 12.7. The van der Waals surface area contributed by atoms with Gasteiger partial charge in [0.2, 0.25) is 0 Å². The Hall–Kier alpha value is -1.17. The molecular formula is C24H34F4O6S2. The molecule has 0 aromatic carbocycles. The van der Waals surface area contributed by atoms with E-state index in [0.29, 0.717) is 13.8 Å². The Kier molecular flexibility index (Phi) is 7.79. The van der Waals surface area contributed by atoms with Crippen LogP contribution in [0.3, 0.4) is 0 Å². The number of fused-ring (bicyclic) bond motifs is 3. The number of hydrogen-bond acceptors (Lipinski definition) is 8. The minimum Gasteiger partial charge on any atom is -0.465 e. The third-order valence-electron chi connectivity index (χ3n) is 8.29. The fraction of sp³-hybridized carbons (Fsp3) is 0.875. The van der Waals surface area contributed by atoms with Crippen molar-refractivity contribution in [3.8, 4) is 0 Å². The first-order chi connectivity index (χ1) is 16.4. The van der Waals surface area contributed by atoms with Gasteiger partial charge in [-0.25, -0.2) is 9.59 Å². The first kappa shape index (κ1) is 29.4. The molecule has 1 saturated heterocycles. The second kappa shape index (κ2) is 9.54. The van der Waals surface area contributed by atoms with Crippen LogP contribution in [0.25, 0.3) is 0 Å². The zero-order chi connectivity index (χ0) is 27.4. The van der Waals surface area contributed by atoms with Crippen molar-refractivity contribution in [2.75, 3.05) is 24.7 Å². The normalized spacial score (nSPS) is 35.5. The predicted octanol–water partition coefficient (Wildman–Crippen LogP) is 5.32. The number of ether oxygens (including phenoxy) is 3. The zero-order valence-corrected chi connectivity index (χ0v) is 23.0. The van der Waals surface area contributed by atoms with Gasteiger partial charge in [0.1, 0.15) is 23.4 Å². The molecule has 1 aliphatic heterocycles. The van der Waals surface area contributed by atoms with Crippen LogP contribution in [0.15, 0.2) is 0 Å². The van der Waals surface area contributed by atoms with E-state index in [1.165, 1.54) is 23.5 Å². The van der Waals surface area contributed by atoms with Crippen molar-refractivity contribution in [2.24, 2.45) is 22.2 Å². The molecule has 0 amide bonds. The van der Waals surface area contributed by atoms with E-state index in [-0.39, 0.29) is 35.9 Å². The lowest BCUT2D eigenvalue weighted by Crippen LogP contribution is -2.56. The smallest absolute Gasteiger partial charge is 0.377 e. The van der Waals surface area contributed by atoms with E-state index in [0.717, 1.165) is 12.8 Å². The highest BCUT2D eigenvalue weighted by molar-refractivity contribution is 8.19. The van der Waals surface area contributed by atoms with Crippen LogP contribution in [0.2, 0.25) is 0 Å². The highest BCUT2D eigenvalue weighted by atomic mass is 32.2. The highest BCUT2D eigenvalue weighted by Crippen LogP contribution is 2.78. The average Bonchev–Trinajstić information content (AvgIpc) is 3.08.